The van der Waals surface area contributed by atoms with Gasteiger partial charge in [0.2, 0.25) is 0 Å². The van der Waals surface area contributed by atoms with Crippen molar-refractivity contribution in [2.75, 3.05) is 25.1 Å². The molecule has 2 aromatic rings. The fraction of sp³-hybridized carbons (Fsp3) is 0.316. The Bertz CT molecular complexity index is 711. The first-order valence-corrected chi connectivity index (χ1v) is 8.27. The molecule has 6 heteroatoms. The molecule has 2 aromatic carbocycles. The lowest BCUT2D eigenvalue weighted by atomic mass is 10.0. The summed E-state index contributed by atoms with van der Waals surface area (Å²) in [6.45, 7) is 1.22. The Hall–Kier alpha value is -2.44. The van der Waals surface area contributed by atoms with Gasteiger partial charge in [0.1, 0.15) is 5.82 Å². The number of hydrogen-bond donors (Lipinski definition) is 2. The van der Waals surface area contributed by atoms with Crippen molar-refractivity contribution in [3.8, 4) is 0 Å². The maximum atomic E-state index is 13.3. The first-order chi connectivity index (χ1) is 12.1. The van der Waals surface area contributed by atoms with Gasteiger partial charge in [-0.3, -0.25) is 0 Å². The molecule has 0 saturated carbocycles. The third-order valence-electron chi connectivity index (χ3n) is 4.24. The van der Waals surface area contributed by atoms with E-state index >= 15 is 0 Å². The van der Waals surface area contributed by atoms with Crippen molar-refractivity contribution >= 4 is 11.7 Å². The van der Waals surface area contributed by atoms with E-state index in [4.69, 9.17) is 4.74 Å². The quantitative estimate of drug-likeness (QED) is 0.895. The topological polar surface area (TPSA) is 61.8 Å². The number of amides is 2. The standard InChI is InChI=1S/C19H21FN2O3/c20-15-7-4-8-16(11-15)21-19(24)22-9-10-25-13-17(22)12-18(23)14-5-2-1-3-6-14/h1-8,11,17-18,23H,9-10,12-13H2,(H,21,24)/t17-,18+/m0/s1. The largest absolute Gasteiger partial charge is 0.388 e. The number of aliphatic hydroxyl groups is 1. The number of hydrogen-bond acceptors (Lipinski definition) is 3. The summed E-state index contributed by atoms with van der Waals surface area (Å²) in [4.78, 5) is 14.2. The summed E-state index contributed by atoms with van der Waals surface area (Å²) in [6.07, 6.45) is -0.307. The van der Waals surface area contributed by atoms with Gasteiger partial charge in [0.05, 0.1) is 25.4 Å². The molecule has 1 fully saturated rings. The number of carbonyl (C=O) groups excluding carboxylic acids is 1. The zero-order valence-electron chi connectivity index (χ0n) is 13.8. The van der Waals surface area contributed by atoms with Crippen LogP contribution in [0.25, 0.3) is 0 Å². The Labute approximate surface area is 146 Å². The molecule has 132 valence electrons. The molecule has 0 bridgehead atoms. The molecule has 25 heavy (non-hydrogen) atoms. The number of morpholine rings is 1. The lowest BCUT2D eigenvalue weighted by Crippen LogP contribution is -2.50. The molecule has 0 spiro atoms. The number of nitrogens with one attached hydrogen (secondary N) is 1. The van der Waals surface area contributed by atoms with E-state index in [1.54, 1.807) is 17.0 Å². The van der Waals surface area contributed by atoms with E-state index in [2.05, 4.69) is 5.32 Å². The molecule has 1 aliphatic heterocycles. The Morgan fingerprint density at radius 1 is 1.28 bits per heavy atom. The van der Waals surface area contributed by atoms with Gasteiger partial charge in [-0.2, -0.15) is 0 Å². The number of nitrogens with zero attached hydrogens (tertiary/aromatic N) is 1. The fourth-order valence-electron chi connectivity index (χ4n) is 2.95. The van der Waals surface area contributed by atoms with Crippen LogP contribution in [0.5, 0.6) is 0 Å². The van der Waals surface area contributed by atoms with Crippen LogP contribution >= 0.6 is 0 Å². The molecule has 5 nitrogen and oxygen atoms in total. The minimum Gasteiger partial charge on any atom is -0.388 e. The number of ether oxygens (including phenoxy) is 1. The Morgan fingerprint density at radius 3 is 2.84 bits per heavy atom. The second-order valence-electron chi connectivity index (χ2n) is 6.02. The molecule has 2 amide bonds. The van der Waals surface area contributed by atoms with Crippen LogP contribution in [-0.2, 0) is 4.74 Å². The van der Waals surface area contributed by atoms with Crippen LogP contribution in [0.2, 0.25) is 0 Å². The number of aliphatic hydroxyl groups excluding tert-OH is 1. The van der Waals surface area contributed by atoms with E-state index < -0.39 is 11.9 Å². The number of rotatable bonds is 4. The van der Waals surface area contributed by atoms with Crippen LogP contribution in [0.3, 0.4) is 0 Å². The van der Waals surface area contributed by atoms with Crippen molar-refractivity contribution in [3.05, 3.63) is 66.0 Å². The van der Waals surface area contributed by atoms with Gasteiger partial charge in [0, 0.05) is 18.7 Å². The summed E-state index contributed by atoms with van der Waals surface area (Å²) in [5.41, 5.74) is 1.21. The molecular weight excluding hydrogens is 323 g/mol. The van der Waals surface area contributed by atoms with Crippen LogP contribution in [0.4, 0.5) is 14.9 Å². The van der Waals surface area contributed by atoms with Gasteiger partial charge < -0.3 is 20.1 Å². The molecule has 2 N–H and O–H groups in total. The van der Waals surface area contributed by atoms with Gasteiger partial charge in [0.25, 0.3) is 0 Å². The lowest BCUT2D eigenvalue weighted by Gasteiger charge is -2.36. The van der Waals surface area contributed by atoms with Crippen molar-refractivity contribution < 1.29 is 19.0 Å². The molecular formula is C19H21FN2O3. The van der Waals surface area contributed by atoms with Crippen LogP contribution < -0.4 is 5.32 Å². The minimum atomic E-state index is -0.683. The van der Waals surface area contributed by atoms with Crippen molar-refractivity contribution in [2.45, 2.75) is 18.6 Å². The monoisotopic (exact) mass is 344 g/mol. The molecule has 3 rings (SSSR count). The number of benzene rings is 2. The lowest BCUT2D eigenvalue weighted by molar-refractivity contribution is -0.00427. The highest BCUT2D eigenvalue weighted by Crippen LogP contribution is 2.23. The van der Waals surface area contributed by atoms with E-state index in [0.29, 0.717) is 31.9 Å². The predicted octanol–water partition coefficient (Wildman–Crippen LogP) is 3.18. The maximum Gasteiger partial charge on any atom is 0.322 e. The van der Waals surface area contributed by atoms with E-state index in [9.17, 15) is 14.3 Å². The fourth-order valence-corrected chi connectivity index (χ4v) is 2.95. The van der Waals surface area contributed by atoms with Crippen molar-refractivity contribution in [2.24, 2.45) is 0 Å². The number of urea groups is 1. The Morgan fingerprint density at radius 2 is 2.08 bits per heavy atom. The summed E-state index contributed by atoms with van der Waals surface area (Å²) in [7, 11) is 0. The van der Waals surface area contributed by atoms with E-state index in [0.717, 1.165) is 5.56 Å². The van der Waals surface area contributed by atoms with Crippen molar-refractivity contribution in [1.82, 2.24) is 4.90 Å². The van der Waals surface area contributed by atoms with Gasteiger partial charge in [-0.1, -0.05) is 36.4 Å². The van der Waals surface area contributed by atoms with Crippen molar-refractivity contribution in [3.63, 3.8) is 0 Å². The molecule has 0 unspecified atom stereocenters. The zero-order chi connectivity index (χ0) is 17.6. The second kappa shape index (κ2) is 8.09. The highest BCUT2D eigenvalue weighted by Gasteiger charge is 2.29. The van der Waals surface area contributed by atoms with E-state index in [-0.39, 0.29) is 12.1 Å². The molecule has 2 atom stereocenters. The number of halogens is 1. The van der Waals surface area contributed by atoms with Crippen LogP contribution in [0, 0.1) is 5.82 Å². The zero-order valence-corrected chi connectivity index (χ0v) is 13.8. The summed E-state index contributed by atoms with van der Waals surface area (Å²) in [5, 5.41) is 13.1. The summed E-state index contributed by atoms with van der Waals surface area (Å²) < 4.78 is 18.8. The van der Waals surface area contributed by atoms with E-state index in [1.807, 2.05) is 30.3 Å². The minimum absolute atomic E-state index is 0.252. The summed E-state index contributed by atoms with van der Waals surface area (Å²) >= 11 is 0. The predicted molar refractivity (Wildman–Crippen MR) is 92.8 cm³/mol. The molecule has 0 radical (unpaired) electrons. The highest BCUT2D eigenvalue weighted by molar-refractivity contribution is 5.89. The Kier molecular flexibility index (Phi) is 5.63. The number of carbonyl (C=O) groups is 1. The van der Waals surface area contributed by atoms with Crippen LogP contribution in [0.15, 0.2) is 54.6 Å². The summed E-state index contributed by atoms with van der Waals surface area (Å²) in [6, 6.07) is 14.5. The smallest absolute Gasteiger partial charge is 0.322 e. The molecule has 1 saturated heterocycles. The van der Waals surface area contributed by atoms with Gasteiger partial charge in [-0.05, 0) is 23.8 Å². The normalized spacial score (nSPS) is 18.6. The highest BCUT2D eigenvalue weighted by atomic mass is 19.1. The van der Waals surface area contributed by atoms with Crippen LogP contribution in [-0.4, -0.2) is 41.8 Å². The average molecular weight is 344 g/mol. The molecule has 1 aliphatic rings. The Balaban J connectivity index is 1.67. The maximum absolute atomic E-state index is 13.3. The molecule has 1 heterocycles. The van der Waals surface area contributed by atoms with Crippen LogP contribution in [0.1, 0.15) is 18.1 Å². The molecule has 0 aromatic heterocycles. The third kappa shape index (κ3) is 4.55. The average Bonchev–Trinajstić information content (AvgIpc) is 2.63. The van der Waals surface area contributed by atoms with Gasteiger partial charge >= 0.3 is 6.03 Å². The first-order valence-electron chi connectivity index (χ1n) is 8.27. The second-order valence-corrected chi connectivity index (χ2v) is 6.02. The number of anilines is 1. The molecule has 0 aliphatic carbocycles. The third-order valence-corrected chi connectivity index (χ3v) is 4.24. The van der Waals surface area contributed by atoms with Gasteiger partial charge in [0.15, 0.2) is 0 Å². The van der Waals surface area contributed by atoms with Gasteiger partial charge in [-0.25, -0.2) is 9.18 Å². The first kappa shape index (κ1) is 17.4. The SMILES string of the molecule is O=C(Nc1cccc(F)c1)N1CCOC[C@@H]1C[C@@H](O)c1ccccc1. The van der Waals surface area contributed by atoms with Crippen molar-refractivity contribution in [1.29, 1.82) is 0 Å². The summed E-state index contributed by atoms with van der Waals surface area (Å²) in [5.74, 6) is -0.407. The van der Waals surface area contributed by atoms with E-state index in [1.165, 1.54) is 12.1 Å². The van der Waals surface area contributed by atoms with Gasteiger partial charge in [-0.15, -0.1) is 0 Å².